The normalized spacial score (nSPS) is 19.7. The Hall–Kier alpha value is -2.94. The summed E-state index contributed by atoms with van der Waals surface area (Å²) < 4.78 is 23.8. The molecule has 0 aliphatic carbocycles. The van der Waals surface area contributed by atoms with Crippen LogP contribution in [0.3, 0.4) is 0 Å². The van der Waals surface area contributed by atoms with Crippen LogP contribution in [0.2, 0.25) is 5.15 Å². The SMILES string of the molecule is CC1=C(C(=O)OCc2ccccc2OC(C)(C)CCOC(C)C)[C@@H](c2ccc(Cl)nc2)CC(=O)N1C[C@@H]1CCCO1. The van der Waals surface area contributed by atoms with Crippen LogP contribution in [0, 0.1) is 0 Å². The van der Waals surface area contributed by atoms with Gasteiger partial charge in [-0.2, -0.15) is 0 Å². The highest BCUT2D eigenvalue weighted by Gasteiger charge is 2.38. The summed E-state index contributed by atoms with van der Waals surface area (Å²) in [5.74, 6) is -0.381. The van der Waals surface area contributed by atoms with E-state index in [1.165, 1.54) is 0 Å². The number of amides is 1. The number of halogens is 1. The van der Waals surface area contributed by atoms with Gasteiger partial charge < -0.3 is 23.8 Å². The fraction of sp³-hybridized carbons (Fsp3) is 0.531. The molecule has 0 radical (unpaired) electrons. The second kappa shape index (κ2) is 13.8. The van der Waals surface area contributed by atoms with E-state index in [0.717, 1.165) is 24.0 Å². The lowest BCUT2D eigenvalue weighted by molar-refractivity contribution is -0.141. The molecular weight excluding hydrogens is 544 g/mol. The molecule has 1 saturated heterocycles. The van der Waals surface area contributed by atoms with Crippen molar-refractivity contribution in [1.82, 2.24) is 9.88 Å². The Morgan fingerprint density at radius 2 is 2.00 bits per heavy atom. The molecule has 2 aliphatic heterocycles. The first-order chi connectivity index (χ1) is 19.5. The second-order valence-corrected chi connectivity index (χ2v) is 11.9. The molecule has 2 aliphatic rings. The Bertz CT molecular complexity index is 1240. The van der Waals surface area contributed by atoms with Crippen LogP contribution in [-0.2, 0) is 30.4 Å². The molecule has 9 heteroatoms. The van der Waals surface area contributed by atoms with Gasteiger partial charge in [-0.25, -0.2) is 9.78 Å². The Morgan fingerprint density at radius 3 is 2.68 bits per heavy atom. The summed E-state index contributed by atoms with van der Waals surface area (Å²) in [6.45, 7) is 11.6. The molecule has 0 unspecified atom stereocenters. The lowest BCUT2D eigenvalue weighted by atomic mass is 9.84. The minimum absolute atomic E-state index is 0.0234. The predicted molar refractivity (Wildman–Crippen MR) is 157 cm³/mol. The quantitative estimate of drug-likeness (QED) is 0.216. The number of hydrogen-bond donors (Lipinski definition) is 0. The Morgan fingerprint density at radius 1 is 1.22 bits per heavy atom. The number of para-hydroxylation sites is 1. The number of carbonyl (C=O) groups is 2. The number of hydrogen-bond acceptors (Lipinski definition) is 7. The third kappa shape index (κ3) is 8.31. The van der Waals surface area contributed by atoms with Crippen LogP contribution in [-0.4, -0.2) is 59.3 Å². The van der Waals surface area contributed by atoms with Crippen molar-refractivity contribution in [2.45, 2.75) is 90.6 Å². The van der Waals surface area contributed by atoms with Gasteiger partial charge in [0.2, 0.25) is 5.91 Å². The number of aromatic nitrogens is 1. The number of pyridine rings is 1. The number of rotatable bonds is 12. The van der Waals surface area contributed by atoms with Gasteiger partial charge in [-0.15, -0.1) is 0 Å². The molecule has 3 heterocycles. The maximum Gasteiger partial charge on any atom is 0.336 e. The van der Waals surface area contributed by atoms with Gasteiger partial charge >= 0.3 is 5.97 Å². The molecule has 8 nitrogen and oxygen atoms in total. The molecular formula is C32H41ClN2O6. The van der Waals surface area contributed by atoms with Gasteiger partial charge in [0.25, 0.3) is 0 Å². The van der Waals surface area contributed by atoms with Crippen molar-refractivity contribution in [3.8, 4) is 5.75 Å². The van der Waals surface area contributed by atoms with Crippen LogP contribution in [0.25, 0.3) is 0 Å². The smallest absolute Gasteiger partial charge is 0.336 e. The Kier molecular flexibility index (Phi) is 10.4. The number of benzene rings is 1. The van der Waals surface area contributed by atoms with Crippen LogP contribution in [0.4, 0.5) is 0 Å². The molecule has 222 valence electrons. The predicted octanol–water partition coefficient (Wildman–Crippen LogP) is 6.22. The van der Waals surface area contributed by atoms with Crippen molar-refractivity contribution in [3.63, 3.8) is 0 Å². The zero-order valence-corrected chi connectivity index (χ0v) is 25.4. The van der Waals surface area contributed by atoms with E-state index in [1.54, 1.807) is 30.2 Å². The summed E-state index contributed by atoms with van der Waals surface area (Å²) in [7, 11) is 0. The van der Waals surface area contributed by atoms with Crippen LogP contribution >= 0.6 is 11.6 Å². The molecule has 1 fully saturated rings. The van der Waals surface area contributed by atoms with Crippen molar-refractivity contribution in [3.05, 3.63) is 70.1 Å². The average Bonchev–Trinajstić information content (AvgIpc) is 3.43. The van der Waals surface area contributed by atoms with Crippen LogP contribution in [0.15, 0.2) is 53.9 Å². The lowest BCUT2D eigenvalue weighted by Gasteiger charge is -2.35. The topological polar surface area (TPSA) is 87.2 Å². The van der Waals surface area contributed by atoms with Crippen molar-refractivity contribution in [2.24, 2.45) is 0 Å². The number of carbonyl (C=O) groups excluding carboxylic acids is 2. The van der Waals surface area contributed by atoms with E-state index < -0.39 is 17.5 Å². The number of ether oxygens (including phenoxy) is 4. The zero-order valence-electron chi connectivity index (χ0n) is 24.7. The van der Waals surface area contributed by atoms with Crippen LogP contribution in [0.1, 0.15) is 77.3 Å². The molecule has 0 N–H and O–H groups in total. The molecule has 0 spiro atoms. The first-order valence-electron chi connectivity index (χ1n) is 14.3. The number of nitrogens with zero attached hydrogens (tertiary/aromatic N) is 2. The van der Waals surface area contributed by atoms with Crippen molar-refractivity contribution in [2.75, 3.05) is 19.8 Å². The highest BCUT2D eigenvalue weighted by molar-refractivity contribution is 6.29. The zero-order chi connectivity index (χ0) is 29.6. The standard InChI is InChI=1S/C32H41ClN2O6/c1-21(2)38-16-14-32(4,5)41-27-11-7-6-9-24(27)20-40-31(37)30-22(3)35(19-25-10-8-15-39-25)29(36)17-26(30)23-12-13-28(33)34-18-23/h6-7,9,11-13,18,21,25-26H,8,10,14-17,19-20H2,1-5H3/t25-,26+/m0/s1. The Balaban J connectivity index is 1.54. The van der Waals surface area contributed by atoms with Crippen LogP contribution in [0.5, 0.6) is 5.75 Å². The largest absolute Gasteiger partial charge is 0.487 e. The van der Waals surface area contributed by atoms with Gasteiger partial charge in [0.15, 0.2) is 0 Å². The first-order valence-corrected chi connectivity index (χ1v) is 14.7. The average molecular weight is 585 g/mol. The molecule has 1 aromatic heterocycles. The van der Waals surface area contributed by atoms with E-state index in [4.69, 9.17) is 30.5 Å². The van der Waals surface area contributed by atoms with Gasteiger partial charge in [0, 0.05) is 42.8 Å². The summed E-state index contributed by atoms with van der Waals surface area (Å²) in [5.41, 5.74) is 2.03. The maximum absolute atomic E-state index is 13.8. The van der Waals surface area contributed by atoms with E-state index in [2.05, 4.69) is 4.98 Å². The lowest BCUT2D eigenvalue weighted by Crippen LogP contribution is -2.42. The second-order valence-electron chi connectivity index (χ2n) is 11.5. The molecule has 1 aromatic carbocycles. The highest BCUT2D eigenvalue weighted by atomic mass is 35.5. The molecule has 41 heavy (non-hydrogen) atoms. The Labute approximate surface area is 248 Å². The fourth-order valence-electron chi connectivity index (χ4n) is 5.20. The first kappa shape index (κ1) is 31.0. The minimum Gasteiger partial charge on any atom is -0.487 e. The van der Waals surface area contributed by atoms with E-state index in [0.29, 0.717) is 48.4 Å². The number of esters is 1. The van der Waals surface area contributed by atoms with Crippen molar-refractivity contribution in [1.29, 1.82) is 0 Å². The summed E-state index contributed by atoms with van der Waals surface area (Å²) >= 11 is 6.02. The molecule has 0 bridgehead atoms. The molecule has 1 amide bonds. The molecule has 4 rings (SSSR count). The summed E-state index contributed by atoms with van der Waals surface area (Å²) in [6.07, 6.45) is 4.41. The third-order valence-corrected chi connectivity index (χ3v) is 7.70. The van der Waals surface area contributed by atoms with Crippen molar-refractivity contribution >= 4 is 23.5 Å². The molecule has 2 aromatic rings. The summed E-state index contributed by atoms with van der Waals surface area (Å²) in [5, 5.41) is 0.344. The van der Waals surface area contributed by atoms with E-state index in [-0.39, 0.29) is 31.1 Å². The van der Waals surface area contributed by atoms with E-state index in [1.807, 2.05) is 52.0 Å². The van der Waals surface area contributed by atoms with E-state index in [9.17, 15) is 9.59 Å². The number of allylic oxidation sites excluding steroid dienone is 1. The van der Waals surface area contributed by atoms with Gasteiger partial charge in [-0.1, -0.05) is 35.9 Å². The van der Waals surface area contributed by atoms with Gasteiger partial charge in [0.05, 0.1) is 30.9 Å². The molecule has 0 saturated carbocycles. The van der Waals surface area contributed by atoms with Gasteiger partial charge in [0.1, 0.15) is 23.1 Å². The molecule has 2 atom stereocenters. The summed E-state index contributed by atoms with van der Waals surface area (Å²) in [4.78, 5) is 32.9. The van der Waals surface area contributed by atoms with Gasteiger partial charge in [-0.3, -0.25) is 4.79 Å². The monoisotopic (exact) mass is 584 g/mol. The third-order valence-electron chi connectivity index (χ3n) is 7.48. The van der Waals surface area contributed by atoms with Gasteiger partial charge in [-0.05, 0) is 65.2 Å². The maximum atomic E-state index is 13.8. The van der Waals surface area contributed by atoms with Crippen molar-refractivity contribution < 1.29 is 28.5 Å². The van der Waals surface area contributed by atoms with Crippen LogP contribution < -0.4 is 4.74 Å². The fourth-order valence-corrected chi connectivity index (χ4v) is 5.31. The van der Waals surface area contributed by atoms with E-state index >= 15 is 0 Å². The summed E-state index contributed by atoms with van der Waals surface area (Å²) in [6, 6.07) is 11.0. The highest BCUT2D eigenvalue weighted by Crippen LogP contribution is 2.38. The minimum atomic E-state index is -0.494.